The van der Waals surface area contributed by atoms with E-state index >= 15 is 0 Å². The molecule has 2 aliphatic heterocycles. The van der Waals surface area contributed by atoms with Crippen molar-refractivity contribution in [2.24, 2.45) is 5.92 Å². The molecule has 2 bridgehead atoms. The van der Waals surface area contributed by atoms with E-state index in [2.05, 4.69) is 11.8 Å². The van der Waals surface area contributed by atoms with Gasteiger partial charge in [-0.2, -0.15) is 0 Å². The van der Waals surface area contributed by atoms with E-state index in [-0.39, 0.29) is 0 Å². The van der Waals surface area contributed by atoms with Crippen LogP contribution < -0.4 is 4.74 Å². The predicted octanol–water partition coefficient (Wildman–Crippen LogP) is 1.92. The fourth-order valence-electron chi connectivity index (χ4n) is 3.56. The summed E-state index contributed by atoms with van der Waals surface area (Å²) in [4.78, 5) is 2.46. The summed E-state index contributed by atoms with van der Waals surface area (Å²) in [6.45, 7) is 5.26. The van der Waals surface area contributed by atoms with Gasteiger partial charge in [-0.1, -0.05) is 6.07 Å². The Morgan fingerprint density at radius 3 is 2.94 bits per heavy atom. The lowest BCUT2D eigenvalue weighted by atomic mass is 9.75. The molecule has 1 aromatic rings. The molecule has 0 saturated carbocycles. The monoisotopic (exact) mass is 247 g/mol. The van der Waals surface area contributed by atoms with Crippen LogP contribution >= 0.6 is 0 Å². The van der Waals surface area contributed by atoms with E-state index in [0.29, 0.717) is 5.92 Å². The van der Waals surface area contributed by atoms with Crippen LogP contribution in [0.5, 0.6) is 5.75 Å². The Labute approximate surface area is 108 Å². The average molecular weight is 247 g/mol. The third kappa shape index (κ3) is 1.73. The summed E-state index contributed by atoms with van der Waals surface area (Å²) in [5.41, 5.74) is 1.59. The lowest BCUT2D eigenvalue weighted by Crippen LogP contribution is -2.44. The summed E-state index contributed by atoms with van der Waals surface area (Å²) in [5.74, 6) is 1.25. The molecule has 0 aliphatic carbocycles. The number of ether oxygens (including phenoxy) is 1. The van der Waals surface area contributed by atoms with Gasteiger partial charge in [0.05, 0.1) is 12.7 Å². The van der Waals surface area contributed by atoms with Crippen LogP contribution in [0.2, 0.25) is 0 Å². The molecule has 18 heavy (non-hydrogen) atoms. The Balaban J connectivity index is 1.98. The van der Waals surface area contributed by atoms with Gasteiger partial charge in [0.1, 0.15) is 5.75 Å². The van der Waals surface area contributed by atoms with E-state index in [1.807, 2.05) is 18.2 Å². The van der Waals surface area contributed by atoms with Crippen molar-refractivity contribution in [2.75, 3.05) is 26.7 Å². The van der Waals surface area contributed by atoms with Gasteiger partial charge in [-0.05, 0) is 49.6 Å². The summed E-state index contributed by atoms with van der Waals surface area (Å²) < 4.78 is 5.24. The van der Waals surface area contributed by atoms with Crippen molar-refractivity contribution < 1.29 is 9.84 Å². The maximum atomic E-state index is 11.1. The summed E-state index contributed by atoms with van der Waals surface area (Å²) in [7, 11) is 1.68. The van der Waals surface area contributed by atoms with Crippen LogP contribution in [0.15, 0.2) is 18.2 Å². The molecule has 1 aromatic carbocycles. The molecule has 2 saturated heterocycles. The Hall–Kier alpha value is -1.06. The number of methoxy groups -OCH3 is 1. The first-order chi connectivity index (χ1) is 8.63. The molecule has 3 nitrogen and oxygen atoms in total. The fourth-order valence-corrected chi connectivity index (χ4v) is 3.56. The number of hydrogen-bond acceptors (Lipinski definition) is 3. The number of rotatable bonds is 2. The molecule has 2 heterocycles. The van der Waals surface area contributed by atoms with E-state index in [0.717, 1.165) is 49.4 Å². The lowest BCUT2D eigenvalue weighted by molar-refractivity contribution is -0.0507. The summed E-state index contributed by atoms with van der Waals surface area (Å²) in [6.07, 6.45) is 1.97. The van der Waals surface area contributed by atoms with Gasteiger partial charge in [-0.15, -0.1) is 0 Å². The van der Waals surface area contributed by atoms with Gasteiger partial charge in [-0.25, -0.2) is 0 Å². The number of fused-ring (bicyclic) bond motifs is 2. The molecule has 3 atom stereocenters. The molecular formula is C15H21NO2. The van der Waals surface area contributed by atoms with Gasteiger partial charge < -0.3 is 14.7 Å². The van der Waals surface area contributed by atoms with Gasteiger partial charge >= 0.3 is 0 Å². The zero-order valence-electron chi connectivity index (χ0n) is 11.1. The van der Waals surface area contributed by atoms with Gasteiger partial charge in [0.25, 0.3) is 0 Å². The Kier molecular flexibility index (Phi) is 2.83. The first-order valence-corrected chi connectivity index (χ1v) is 6.73. The van der Waals surface area contributed by atoms with Crippen molar-refractivity contribution in [3.8, 4) is 5.75 Å². The molecule has 98 valence electrons. The number of benzene rings is 1. The third-order valence-electron chi connectivity index (χ3n) is 4.66. The molecule has 0 amide bonds. The maximum absolute atomic E-state index is 11.1. The van der Waals surface area contributed by atoms with Gasteiger partial charge in [-0.3, -0.25) is 0 Å². The largest absolute Gasteiger partial charge is 0.497 e. The normalized spacial score (nSPS) is 34.6. The minimum absolute atomic E-state index is 0.387. The van der Waals surface area contributed by atoms with Crippen LogP contribution in [-0.2, 0) is 5.60 Å². The number of piperidine rings is 1. The Morgan fingerprint density at radius 1 is 1.39 bits per heavy atom. The van der Waals surface area contributed by atoms with E-state index in [1.165, 1.54) is 0 Å². The highest BCUT2D eigenvalue weighted by Crippen LogP contribution is 2.44. The highest BCUT2D eigenvalue weighted by atomic mass is 16.5. The lowest BCUT2D eigenvalue weighted by Gasteiger charge is -2.40. The minimum atomic E-state index is -0.636. The molecular weight excluding hydrogens is 226 g/mol. The van der Waals surface area contributed by atoms with Crippen molar-refractivity contribution >= 4 is 0 Å². The second-order valence-electron chi connectivity index (χ2n) is 5.64. The van der Waals surface area contributed by atoms with E-state index < -0.39 is 5.60 Å². The predicted molar refractivity (Wildman–Crippen MR) is 70.8 cm³/mol. The first kappa shape index (κ1) is 12.0. The number of aryl methyl sites for hydroxylation is 1. The quantitative estimate of drug-likeness (QED) is 0.866. The van der Waals surface area contributed by atoms with Crippen molar-refractivity contribution in [1.82, 2.24) is 4.90 Å². The molecule has 2 aliphatic rings. The zero-order chi connectivity index (χ0) is 12.8. The average Bonchev–Trinajstić information content (AvgIpc) is 2.79. The fraction of sp³-hybridized carbons (Fsp3) is 0.600. The van der Waals surface area contributed by atoms with Crippen molar-refractivity contribution in [2.45, 2.75) is 25.4 Å². The van der Waals surface area contributed by atoms with Gasteiger partial charge in [0, 0.05) is 19.0 Å². The third-order valence-corrected chi connectivity index (χ3v) is 4.66. The molecule has 3 unspecified atom stereocenters. The zero-order valence-corrected chi connectivity index (χ0v) is 11.1. The second kappa shape index (κ2) is 4.25. The van der Waals surface area contributed by atoms with Crippen molar-refractivity contribution in [1.29, 1.82) is 0 Å². The molecule has 0 spiro atoms. The highest BCUT2D eigenvalue weighted by molar-refractivity contribution is 5.39. The van der Waals surface area contributed by atoms with Crippen LogP contribution in [0, 0.1) is 12.8 Å². The van der Waals surface area contributed by atoms with Gasteiger partial charge in [0.2, 0.25) is 0 Å². The topological polar surface area (TPSA) is 32.7 Å². The van der Waals surface area contributed by atoms with Crippen LogP contribution in [0.1, 0.15) is 24.0 Å². The standard InChI is InChI=1S/C15H21NO2/c1-11-9-13(18-2)3-4-14(11)15(17)6-8-16-7-5-12(15)10-16/h3-4,9,12,17H,5-8,10H2,1-2H3. The summed E-state index contributed by atoms with van der Waals surface area (Å²) >= 11 is 0. The Bertz CT molecular complexity index is 460. The minimum Gasteiger partial charge on any atom is -0.497 e. The van der Waals surface area contributed by atoms with Crippen molar-refractivity contribution in [3.63, 3.8) is 0 Å². The molecule has 1 N–H and O–H groups in total. The molecule has 3 rings (SSSR count). The van der Waals surface area contributed by atoms with Crippen LogP contribution in [0.25, 0.3) is 0 Å². The number of hydrogen-bond donors (Lipinski definition) is 1. The second-order valence-corrected chi connectivity index (χ2v) is 5.64. The van der Waals surface area contributed by atoms with E-state index in [1.54, 1.807) is 7.11 Å². The summed E-state index contributed by atoms with van der Waals surface area (Å²) in [5, 5.41) is 11.1. The highest BCUT2D eigenvalue weighted by Gasteiger charge is 2.46. The van der Waals surface area contributed by atoms with Crippen LogP contribution in [0.4, 0.5) is 0 Å². The first-order valence-electron chi connectivity index (χ1n) is 6.73. The smallest absolute Gasteiger partial charge is 0.119 e. The van der Waals surface area contributed by atoms with Gasteiger partial charge in [0.15, 0.2) is 0 Å². The molecule has 0 radical (unpaired) electrons. The SMILES string of the molecule is COc1ccc(C2(O)CCN3CCC2C3)c(C)c1. The Morgan fingerprint density at radius 2 is 2.22 bits per heavy atom. The molecule has 3 heteroatoms. The maximum Gasteiger partial charge on any atom is 0.119 e. The molecule has 0 aromatic heterocycles. The van der Waals surface area contributed by atoms with Crippen molar-refractivity contribution in [3.05, 3.63) is 29.3 Å². The molecule has 2 fully saturated rings. The van der Waals surface area contributed by atoms with Crippen LogP contribution in [-0.4, -0.2) is 36.8 Å². The number of aliphatic hydroxyl groups is 1. The number of nitrogens with zero attached hydrogens (tertiary/aromatic N) is 1. The summed E-state index contributed by atoms with van der Waals surface area (Å²) in [6, 6.07) is 6.03. The van der Waals surface area contributed by atoms with E-state index in [9.17, 15) is 5.11 Å². The van der Waals surface area contributed by atoms with Crippen LogP contribution in [0.3, 0.4) is 0 Å². The van der Waals surface area contributed by atoms with E-state index in [4.69, 9.17) is 4.74 Å².